The van der Waals surface area contributed by atoms with E-state index in [2.05, 4.69) is 5.10 Å². The summed E-state index contributed by atoms with van der Waals surface area (Å²) in [6, 6.07) is 3.07. The lowest BCUT2D eigenvalue weighted by atomic mass is 10.5. The Morgan fingerprint density at radius 2 is 2.07 bits per heavy atom. The van der Waals surface area contributed by atoms with Crippen LogP contribution in [0.4, 0.5) is 0 Å². The van der Waals surface area contributed by atoms with E-state index in [1.165, 1.54) is 10.7 Å². The van der Waals surface area contributed by atoms with Crippen molar-refractivity contribution in [3.63, 3.8) is 0 Å². The second kappa shape index (κ2) is 6.31. The van der Waals surface area contributed by atoms with Crippen LogP contribution in [-0.4, -0.2) is 29.3 Å². The van der Waals surface area contributed by atoms with Gasteiger partial charge in [0.1, 0.15) is 0 Å². The number of aromatic nitrogens is 2. The Morgan fingerprint density at radius 3 is 2.60 bits per heavy atom. The first-order chi connectivity index (χ1) is 7.27. The zero-order valence-corrected chi connectivity index (χ0v) is 9.05. The minimum absolute atomic E-state index is 0.151. The van der Waals surface area contributed by atoms with Crippen LogP contribution in [0.5, 0.6) is 0 Å². The molecule has 0 atom stereocenters. The summed E-state index contributed by atoms with van der Waals surface area (Å²) in [5.41, 5.74) is -0.151. The molecule has 0 aromatic carbocycles. The van der Waals surface area contributed by atoms with Crippen molar-refractivity contribution >= 4 is 0 Å². The van der Waals surface area contributed by atoms with Gasteiger partial charge in [0, 0.05) is 25.5 Å². The van der Waals surface area contributed by atoms with Crippen LogP contribution in [0.2, 0.25) is 0 Å². The highest BCUT2D eigenvalue weighted by molar-refractivity contribution is 4.84. The Bertz CT molecular complexity index is 331. The molecule has 1 heterocycles. The minimum atomic E-state index is -0.410. The summed E-state index contributed by atoms with van der Waals surface area (Å²) in [6.07, 6.45) is 1.16. The number of hydrogen-bond acceptors (Lipinski definition) is 4. The van der Waals surface area contributed by atoms with Crippen LogP contribution in [-0.2, 0) is 16.0 Å². The Kier molecular flexibility index (Phi) is 5.00. The van der Waals surface area contributed by atoms with E-state index in [0.29, 0.717) is 19.8 Å². The van der Waals surface area contributed by atoms with E-state index in [4.69, 9.17) is 9.47 Å². The smallest absolute Gasteiger partial charge is 0.266 e. The Hall–Kier alpha value is -1.20. The number of nitrogens with zero attached hydrogens (tertiary/aromatic N) is 2. The highest BCUT2D eigenvalue weighted by atomic mass is 16.7. The highest BCUT2D eigenvalue weighted by Gasteiger charge is 2.09. The molecule has 0 aliphatic rings. The van der Waals surface area contributed by atoms with E-state index >= 15 is 0 Å². The summed E-state index contributed by atoms with van der Waals surface area (Å²) in [4.78, 5) is 11.4. The molecule has 0 unspecified atom stereocenters. The zero-order chi connectivity index (χ0) is 11.1. The van der Waals surface area contributed by atoms with Crippen molar-refractivity contribution in [2.45, 2.75) is 26.7 Å². The van der Waals surface area contributed by atoms with Gasteiger partial charge in [-0.2, -0.15) is 5.10 Å². The summed E-state index contributed by atoms with van der Waals surface area (Å²) in [5, 5.41) is 3.93. The average Bonchev–Trinajstić information content (AvgIpc) is 2.22. The summed E-state index contributed by atoms with van der Waals surface area (Å²) in [7, 11) is 0. The van der Waals surface area contributed by atoms with Gasteiger partial charge in [-0.3, -0.25) is 4.79 Å². The molecule has 0 fully saturated rings. The van der Waals surface area contributed by atoms with Gasteiger partial charge in [0.2, 0.25) is 0 Å². The van der Waals surface area contributed by atoms with Crippen molar-refractivity contribution in [1.82, 2.24) is 9.78 Å². The fourth-order valence-electron chi connectivity index (χ4n) is 1.19. The second-order valence-electron chi connectivity index (χ2n) is 2.88. The molecule has 0 radical (unpaired) electrons. The largest absolute Gasteiger partial charge is 0.351 e. The quantitative estimate of drug-likeness (QED) is 0.649. The van der Waals surface area contributed by atoms with Crippen LogP contribution in [0.25, 0.3) is 0 Å². The van der Waals surface area contributed by atoms with Gasteiger partial charge in [-0.1, -0.05) is 0 Å². The SMILES string of the molecule is CCOC(Cn1ncccc1=O)OCC. The third-order valence-electron chi connectivity index (χ3n) is 1.81. The molecule has 0 N–H and O–H groups in total. The van der Waals surface area contributed by atoms with Crippen molar-refractivity contribution in [2.24, 2.45) is 0 Å². The van der Waals surface area contributed by atoms with Gasteiger partial charge >= 0.3 is 0 Å². The molecule has 0 saturated carbocycles. The molecule has 5 nitrogen and oxygen atoms in total. The predicted molar refractivity (Wildman–Crippen MR) is 55.5 cm³/mol. The van der Waals surface area contributed by atoms with Crippen LogP contribution in [0.15, 0.2) is 23.1 Å². The molecule has 0 amide bonds. The van der Waals surface area contributed by atoms with Crippen LogP contribution >= 0.6 is 0 Å². The van der Waals surface area contributed by atoms with Crippen LogP contribution in [0, 0.1) is 0 Å². The van der Waals surface area contributed by atoms with Crippen molar-refractivity contribution < 1.29 is 9.47 Å². The van der Waals surface area contributed by atoms with Gasteiger partial charge in [0.25, 0.3) is 5.56 Å². The van der Waals surface area contributed by atoms with Crippen molar-refractivity contribution in [3.05, 3.63) is 28.7 Å². The number of ether oxygens (including phenoxy) is 2. The molecule has 0 aliphatic carbocycles. The maximum absolute atomic E-state index is 11.4. The van der Waals surface area contributed by atoms with E-state index in [9.17, 15) is 4.79 Å². The maximum atomic E-state index is 11.4. The third-order valence-corrected chi connectivity index (χ3v) is 1.81. The molecule has 1 aromatic rings. The Morgan fingerprint density at radius 1 is 1.40 bits per heavy atom. The first-order valence-corrected chi connectivity index (χ1v) is 5.03. The van der Waals surface area contributed by atoms with E-state index in [1.54, 1.807) is 12.3 Å². The Labute approximate surface area is 88.6 Å². The van der Waals surface area contributed by atoms with E-state index < -0.39 is 6.29 Å². The first kappa shape index (κ1) is 11.9. The van der Waals surface area contributed by atoms with Gasteiger partial charge in [-0.25, -0.2) is 4.68 Å². The van der Waals surface area contributed by atoms with E-state index in [-0.39, 0.29) is 5.56 Å². The standard InChI is InChI=1S/C10H16N2O3/c1-3-14-10(15-4-2)8-12-9(13)6-5-7-11-12/h5-7,10H,3-4,8H2,1-2H3. The summed E-state index contributed by atoms with van der Waals surface area (Å²) < 4.78 is 12.0. The lowest BCUT2D eigenvalue weighted by molar-refractivity contribution is -0.145. The van der Waals surface area contributed by atoms with Gasteiger partial charge in [0.05, 0.1) is 6.54 Å². The minimum Gasteiger partial charge on any atom is -0.351 e. The summed E-state index contributed by atoms with van der Waals surface area (Å²) in [5.74, 6) is 0. The lowest BCUT2D eigenvalue weighted by Crippen LogP contribution is -2.31. The van der Waals surface area contributed by atoms with E-state index in [1.807, 2.05) is 13.8 Å². The van der Waals surface area contributed by atoms with Crippen molar-refractivity contribution in [3.8, 4) is 0 Å². The predicted octanol–water partition coefficient (Wildman–Crippen LogP) is 0.642. The lowest BCUT2D eigenvalue weighted by Gasteiger charge is -2.16. The molecule has 84 valence electrons. The average molecular weight is 212 g/mol. The molecule has 1 aromatic heterocycles. The van der Waals surface area contributed by atoms with Crippen molar-refractivity contribution in [1.29, 1.82) is 0 Å². The normalized spacial score (nSPS) is 10.9. The summed E-state index contributed by atoms with van der Waals surface area (Å²) >= 11 is 0. The molecule has 0 bridgehead atoms. The third kappa shape index (κ3) is 3.81. The van der Waals surface area contributed by atoms with Crippen LogP contribution in [0.3, 0.4) is 0 Å². The molecular formula is C10H16N2O3. The molecule has 1 rings (SSSR count). The molecule has 0 aliphatic heterocycles. The summed E-state index contributed by atoms with van der Waals surface area (Å²) in [6.45, 7) is 5.18. The highest BCUT2D eigenvalue weighted by Crippen LogP contribution is 1.97. The van der Waals surface area contributed by atoms with Crippen molar-refractivity contribution in [2.75, 3.05) is 13.2 Å². The molecule has 0 spiro atoms. The van der Waals surface area contributed by atoms with Gasteiger partial charge in [0.15, 0.2) is 6.29 Å². The van der Waals surface area contributed by atoms with Gasteiger partial charge in [-0.05, 0) is 19.9 Å². The fourth-order valence-corrected chi connectivity index (χ4v) is 1.19. The van der Waals surface area contributed by atoms with Gasteiger partial charge in [-0.15, -0.1) is 0 Å². The molecule has 5 heteroatoms. The van der Waals surface area contributed by atoms with Crippen LogP contribution in [0.1, 0.15) is 13.8 Å². The zero-order valence-electron chi connectivity index (χ0n) is 9.05. The second-order valence-corrected chi connectivity index (χ2v) is 2.88. The molecule has 0 saturated heterocycles. The van der Waals surface area contributed by atoms with Gasteiger partial charge < -0.3 is 9.47 Å². The number of rotatable bonds is 6. The Balaban J connectivity index is 2.65. The maximum Gasteiger partial charge on any atom is 0.266 e. The monoisotopic (exact) mass is 212 g/mol. The first-order valence-electron chi connectivity index (χ1n) is 5.03. The van der Waals surface area contributed by atoms with E-state index in [0.717, 1.165) is 0 Å². The number of hydrogen-bond donors (Lipinski definition) is 0. The molecule has 15 heavy (non-hydrogen) atoms. The topological polar surface area (TPSA) is 53.4 Å². The van der Waals surface area contributed by atoms with Crippen LogP contribution < -0.4 is 5.56 Å². The molecular weight excluding hydrogens is 196 g/mol. The fraction of sp³-hybridized carbons (Fsp3) is 0.600.